The van der Waals surface area contributed by atoms with Crippen molar-refractivity contribution >= 4 is 14.3 Å². The Morgan fingerprint density at radius 1 is 1.04 bits per heavy atom. The molecule has 0 bridgehead atoms. The molecule has 0 spiro atoms. The van der Waals surface area contributed by atoms with Gasteiger partial charge in [-0.2, -0.15) is 0 Å². The molecule has 0 aromatic carbocycles. The minimum Gasteiger partial charge on any atom is -0.545 e. The van der Waals surface area contributed by atoms with Crippen LogP contribution in [0.2, 0.25) is 18.1 Å². The summed E-state index contributed by atoms with van der Waals surface area (Å²) in [6.45, 7) is 17.4. The lowest BCUT2D eigenvalue weighted by Gasteiger charge is -2.36. The molecule has 0 aliphatic carbocycles. The molecule has 0 aliphatic rings. The molecule has 0 aromatic rings. The highest BCUT2D eigenvalue weighted by molar-refractivity contribution is 6.73. The van der Waals surface area contributed by atoms with E-state index < -0.39 is 25.3 Å². The first-order valence-electron chi connectivity index (χ1n) is 8.87. The summed E-state index contributed by atoms with van der Waals surface area (Å²) in [7, 11) is -1.99. The van der Waals surface area contributed by atoms with Gasteiger partial charge in [0.1, 0.15) is 11.4 Å². The van der Waals surface area contributed by atoms with Crippen LogP contribution in [0.15, 0.2) is 23.7 Å². The smallest absolute Gasteiger partial charge is 0.334 e. The Hall–Kier alpha value is -1.23. The van der Waals surface area contributed by atoms with Gasteiger partial charge in [0, 0.05) is 0 Å². The van der Waals surface area contributed by atoms with Crippen LogP contribution < -0.4 is 0 Å². The summed E-state index contributed by atoms with van der Waals surface area (Å²) in [6, 6.07) is 2.87. The van der Waals surface area contributed by atoms with E-state index >= 15 is 0 Å². The Morgan fingerprint density at radius 2 is 1.50 bits per heavy atom. The number of aliphatic hydroxyl groups is 1. The molecule has 0 rings (SSSR count). The minimum absolute atomic E-state index is 0.184. The molecule has 0 heterocycles. The second-order valence-corrected chi connectivity index (χ2v) is 12.4. The Balaban J connectivity index is 5.91. The fourth-order valence-corrected chi connectivity index (χ4v) is 5.18. The highest BCUT2D eigenvalue weighted by atomic mass is 28.4. The van der Waals surface area contributed by atoms with Gasteiger partial charge < -0.3 is 14.3 Å². The average Bonchev–Trinajstić information content (AvgIpc) is 2.48. The van der Waals surface area contributed by atoms with E-state index in [0.29, 0.717) is 5.76 Å². The number of aliphatic hydroxyl groups excluding tert-OH is 1. The summed E-state index contributed by atoms with van der Waals surface area (Å²) in [5.41, 5.74) is -1.34. The van der Waals surface area contributed by atoms with Crippen LogP contribution >= 0.6 is 0 Å². The summed E-state index contributed by atoms with van der Waals surface area (Å²) in [5.74, 6) is 0.230. The number of carbonyl (C=O) groups is 1. The molecule has 5 heteroatoms. The lowest BCUT2D eigenvalue weighted by Crippen LogP contribution is -2.39. The molecule has 0 fully saturated rings. The van der Waals surface area contributed by atoms with Crippen LogP contribution in [0.1, 0.15) is 62.3 Å². The molecular formula is C19H36O4Si. The Morgan fingerprint density at radius 3 is 1.83 bits per heavy atom. The van der Waals surface area contributed by atoms with Crippen LogP contribution in [0, 0.1) is 5.41 Å². The highest BCUT2D eigenvalue weighted by Gasteiger charge is 2.38. The van der Waals surface area contributed by atoms with Crippen molar-refractivity contribution in [2.75, 3.05) is 0 Å². The third-order valence-corrected chi connectivity index (χ3v) is 8.96. The zero-order valence-electron chi connectivity index (χ0n) is 16.9. The maximum Gasteiger partial charge on any atom is 0.334 e. The van der Waals surface area contributed by atoms with Gasteiger partial charge in [-0.15, -0.1) is 0 Å². The maximum absolute atomic E-state index is 12.3. The quantitative estimate of drug-likeness (QED) is 0.261. The van der Waals surface area contributed by atoms with Crippen LogP contribution in [-0.4, -0.2) is 25.0 Å². The molecule has 0 saturated carbocycles. The van der Waals surface area contributed by atoms with Crippen molar-refractivity contribution in [1.82, 2.24) is 0 Å². The molecule has 0 aromatic heterocycles. The van der Waals surface area contributed by atoms with E-state index in [1.54, 1.807) is 13.0 Å². The first kappa shape index (κ1) is 22.8. The molecule has 1 N–H and O–H groups in total. The Labute approximate surface area is 149 Å². The van der Waals surface area contributed by atoms with E-state index in [1.165, 1.54) is 6.08 Å². The first-order valence-corrected chi connectivity index (χ1v) is 11.4. The predicted octanol–water partition coefficient (Wildman–Crippen LogP) is 5.72. The van der Waals surface area contributed by atoms with E-state index in [0.717, 1.165) is 18.1 Å². The lowest BCUT2D eigenvalue weighted by molar-refractivity contribution is -0.148. The molecule has 0 radical (unpaired) electrons. The van der Waals surface area contributed by atoms with Gasteiger partial charge in [0.25, 0.3) is 0 Å². The van der Waals surface area contributed by atoms with Gasteiger partial charge in [0.2, 0.25) is 8.32 Å². The molecule has 140 valence electrons. The molecule has 0 amide bonds. The van der Waals surface area contributed by atoms with Gasteiger partial charge in [-0.3, -0.25) is 0 Å². The summed E-state index contributed by atoms with van der Waals surface area (Å²) >= 11 is 0. The van der Waals surface area contributed by atoms with Crippen LogP contribution in [-0.2, 0) is 14.0 Å². The summed E-state index contributed by atoms with van der Waals surface area (Å²) in [6.07, 6.45) is 3.05. The average molecular weight is 357 g/mol. The fraction of sp³-hybridized carbons (Fsp3) is 0.737. The van der Waals surface area contributed by atoms with E-state index in [4.69, 9.17) is 9.16 Å². The van der Waals surface area contributed by atoms with Crippen molar-refractivity contribution in [3.05, 3.63) is 23.7 Å². The van der Waals surface area contributed by atoms with Gasteiger partial charge in [-0.05, 0) is 65.8 Å². The van der Waals surface area contributed by atoms with Crippen molar-refractivity contribution in [3.63, 3.8) is 0 Å². The number of carbonyl (C=O) groups excluding carboxylic acids is 1. The van der Waals surface area contributed by atoms with Crippen molar-refractivity contribution in [3.8, 4) is 0 Å². The predicted molar refractivity (Wildman–Crippen MR) is 102 cm³/mol. The first-order chi connectivity index (χ1) is 10.9. The van der Waals surface area contributed by atoms with Gasteiger partial charge in [-0.25, -0.2) is 4.79 Å². The van der Waals surface area contributed by atoms with Crippen LogP contribution in [0.3, 0.4) is 0 Å². The summed E-state index contributed by atoms with van der Waals surface area (Å²) in [5, 5.41) is 10.3. The third-order valence-electron chi connectivity index (χ3n) is 4.44. The third kappa shape index (κ3) is 6.34. The number of ether oxygens (including phenoxy) is 1. The van der Waals surface area contributed by atoms with E-state index in [-0.39, 0.29) is 5.76 Å². The van der Waals surface area contributed by atoms with E-state index in [1.807, 2.05) is 34.6 Å². The molecule has 4 nitrogen and oxygen atoms in total. The number of rotatable bonds is 8. The second-order valence-electron chi connectivity index (χ2n) is 7.69. The largest absolute Gasteiger partial charge is 0.545 e. The number of esters is 1. The van der Waals surface area contributed by atoms with Gasteiger partial charge in [-0.1, -0.05) is 20.8 Å². The Bertz CT molecular complexity index is 472. The molecule has 24 heavy (non-hydrogen) atoms. The van der Waals surface area contributed by atoms with Gasteiger partial charge in [0.05, 0.1) is 17.3 Å². The van der Waals surface area contributed by atoms with Crippen molar-refractivity contribution in [2.24, 2.45) is 5.41 Å². The van der Waals surface area contributed by atoms with Crippen LogP contribution in [0.25, 0.3) is 0 Å². The normalized spacial score (nSPS) is 14.5. The highest BCUT2D eigenvalue weighted by Crippen LogP contribution is 2.38. The zero-order valence-corrected chi connectivity index (χ0v) is 17.9. The topological polar surface area (TPSA) is 55.8 Å². The van der Waals surface area contributed by atoms with Gasteiger partial charge in [0.15, 0.2) is 0 Å². The fourth-order valence-electron chi connectivity index (χ4n) is 2.46. The van der Waals surface area contributed by atoms with Crippen molar-refractivity contribution in [2.45, 2.75) is 86.0 Å². The second kappa shape index (κ2) is 8.74. The SMILES string of the molecule is C/C=C(\O)C(C)(C)/C(=C/C(=O)OC(C)(C)C)O[Si](CC)(CC)CC. The Kier molecular flexibility index (Phi) is 8.29. The number of hydrogen-bond acceptors (Lipinski definition) is 4. The zero-order chi connectivity index (χ0) is 19.2. The summed E-state index contributed by atoms with van der Waals surface area (Å²) < 4.78 is 11.9. The molecule has 0 atom stereocenters. The maximum atomic E-state index is 12.3. The van der Waals surface area contributed by atoms with E-state index in [2.05, 4.69) is 20.8 Å². The minimum atomic E-state index is -1.99. The number of allylic oxidation sites excluding steroid dienone is 1. The molecule has 0 aliphatic heterocycles. The lowest BCUT2D eigenvalue weighted by atomic mass is 9.88. The number of hydrogen-bond donors (Lipinski definition) is 1. The van der Waals surface area contributed by atoms with Crippen molar-refractivity contribution in [1.29, 1.82) is 0 Å². The monoisotopic (exact) mass is 356 g/mol. The molecule has 0 saturated heterocycles. The standard InChI is InChI=1S/C19H36O4Si/c1-10-15(20)19(8,9)16(14-17(21)22-18(5,6)7)23-24(11-2,12-3)13-4/h10,14,20H,11-13H2,1-9H3/b15-10-,16-14-. The van der Waals surface area contributed by atoms with Gasteiger partial charge >= 0.3 is 5.97 Å². The molecule has 0 unspecified atom stereocenters. The van der Waals surface area contributed by atoms with Crippen LogP contribution in [0.4, 0.5) is 0 Å². The van der Waals surface area contributed by atoms with Crippen LogP contribution in [0.5, 0.6) is 0 Å². The van der Waals surface area contributed by atoms with Crippen molar-refractivity contribution < 1.29 is 19.1 Å². The van der Waals surface area contributed by atoms with E-state index in [9.17, 15) is 9.90 Å². The molecular weight excluding hydrogens is 320 g/mol. The summed E-state index contributed by atoms with van der Waals surface area (Å²) in [4.78, 5) is 12.3.